The minimum atomic E-state index is 0.0332. The second kappa shape index (κ2) is 9.06. The second-order valence-electron chi connectivity index (χ2n) is 6.19. The number of aromatic nitrogens is 1. The van der Waals surface area contributed by atoms with E-state index in [1.807, 2.05) is 36.1 Å². The molecule has 3 rings (SSSR count). The fourth-order valence-electron chi connectivity index (χ4n) is 2.69. The number of anilines is 1. The number of hydrazone groups is 1. The molecule has 1 saturated heterocycles. The number of nitrogens with one attached hydrogen (secondary N) is 1. The number of hydrogen-bond donors (Lipinski definition) is 1. The number of rotatable bonds is 6. The van der Waals surface area contributed by atoms with Crippen LogP contribution in [0.5, 0.6) is 5.75 Å². The number of halogens is 2. The quantitative estimate of drug-likeness (QED) is 0.575. The lowest BCUT2D eigenvalue weighted by Crippen LogP contribution is -2.32. The van der Waals surface area contributed by atoms with Crippen molar-refractivity contribution in [2.75, 3.05) is 25.1 Å². The second-order valence-corrected chi connectivity index (χ2v) is 7.04. The fourth-order valence-corrected chi connectivity index (χ4v) is 3.12. The van der Waals surface area contributed by atoms with Gasteiger partial charge in [-0.05, 0) is 55.7 Å². The van der Waals surface area contributed by atoms with Crippen molar-refractivity contribution in [1.82, 2.24) is 9.88 Å². The van der Waals surface area contributed by atoms with E-state index in [4.69, 9.17) is 27.9 Å². The Hall–Kier alpha value is -2.31. The first kappa shape index (κ1) is 19.5. The number of hydrogen-bond acceptors (Lipinski definition) is 5. The van der Waals surface area contributed by atoms with Gasteiger partial charge < -0.3 is 9.64 Å². The molecule has 1 amide bonds. The van der Waals surface area contributed by atoms with Gasteiger partial charge in [-0.25, -0.2) is 4.98 Å². The highest BCUT2D eigenvalue weighted by Gasteiger charge is 2.18. The van der Waals surface area contributed by atoms with E-state index >= 15 is 0 Å². The molecule has 6 nitrogen and oxygen atoms in total. The summed E-state index contributed by atoms with van der Waals surface area (Å²) in [4.78, 5) is 17.9. The zero-order chi connectivity index (χ0) is 19.2. The van der Waals surface area contributed by atoms with Gasteiger partial charge in [0, 0.05) is 19.3 Å². The molecule has 0 atom stereocenters. The van der Waals surface area contributed by atoms with Gasteiger partial charge in [-0.2, -0.15) is 5.10 Å². The number of amides is 1. The van der Waals surface area contributed by atoms with Crippen LogP contribution in [0.1, 0.15) is 25.3 Å². The molecule has 0 radical (unpaired) electrons. The van der Waals surface area contributed by atoms with Gasteiger partial charge in [0.2, 0.25) is 0 Å². The minimum absolute atomic E-state index is 0.0332. The van der Waals surface area contributed by atoms with Crippen LogP contribution in [-0.4, -0.2) is 41.2 Å². The third kappa shape index (κ3) is 5.34. The van der Waals surface area contributed by atoms with Crippen molar-refractivity contribution in [3.8, 4) is 5.75 Å². The van der Waals surface area contributed by atoms with E-state index in [0.717, 1.165) is 37.2 Å². The molecule has 0 bridgehead atoms. The summed E-state index contributed by atoms with van der Waals surface area (Å²) in [6.07, 6.45) is 3.64. The third-order valence-corrected chi connectivity index (χ3v) is 4.73. The number of nitrogens with zero attached hydrogens (tertiary/aromatic N) is 3. The van der Waals surface area contributed by atoms with Crippen LogP contribution < -0.4 is 10.2 Å². The van der Waals surface area contributed by atoms with Crippen LogP contribution in [0.25, 0.3) is 0 Å². The molecule has 142 valence electrons. The maximum absolute atomic E-state index is 12.0. The largest absolute Gasteiger partial charge is 0.484 e. The summed E-state index contributed by atoms with van der Waals surface area (Å²) in [6.45, 7) is 3.59. The maximum Gasteiger partial charge on any atom is 0.260 e. The van der Waals surface area contributed by atoms with Crippen LogP contribution in [0.4, 0.5) is 5.82 Å². The van der Waals surface area contributed by atoms with E-state index in [1.54, 1.807) is 6.07 Å². The highest BCUT2D eigenvalue weighted by Crippen LogP contribution is 2.22. The Balaban J connectivity index is 1.56. The smallest absolute Gasteiger partial charge is 0.260 e. The lowest BCUT2D eigenvalue weighted by molar-refractivity contribution is -0.132. The highest BCUT2D eigenvalue weighted by molar-refractivity contribution is 6.35. The molecule has 8 heteroatoms. The van der Waals surface area contributed by atoms with Crippen LogP contribution in [0, 0.1) is 0 Å². The van der Waals surface area contributed by atoms with E-state index in [2.05, 4.69) is 15.5 Å². The Kier molecular flexibility index (Phi) is 6.53. The molecule has 1 N–H and O–H groups in total. The van der Waals surface area contributed by atoms with E-state index in [-0.39, 0.29) is 12.5 Å². The van der Waals surface area contributed by atoms with Gasteiger partial charge in [0.25, 0.3) is 5.91 Å². The summed E-state index contributed by atoms with van der Waals surface area (Å²) in [5.74, 6) is 1.11. The SMILES string of the molecule is C/C(=N/Nc1ncc(Cl)cc1Cl)c1ccc(OCC(=O)N2CCCC2)cc1. The van der Waals surface area contributed by atoms with E-state index < -0.39 is 0 Å². The van der Waals surface area contributed by atoms with E-state index in [1.165, 1.54) is 6.20 Å². The standard InChI is InChI=1S/C19H20Cl2N4O2/c1-13(23-24-19-17(21)10-15(20)11-22-19)14-4-6-16(7-5-14)27-12-18(26)25-8-2-3-9-25/h4-7,10-11H,2-3,8-9,12H2,1H3,(H,22,24)/b23-13-. The fraction of sp³-hybridized carbons (Fsp3) is 0.316. The Morgan fingerprint density at radius 1 is 1.26 bits per heavy atom. The topological polar surface area (TPSA) is 66.8 Å². The van der Waals surface area contributed by atoms with Gasteiger partial charge in [-0.1, -0.05) is 23.2 Å². The van der Waals surface area contributed by atoms with Crippen LogP contribution in [0.15, 0.2) is 41.6 Å². The normalized spacial score (nSPS) is 14.3. The Bertz CT molecular complexity index is 834. The zero-order valence-electron chi connectivity index (χ0n) is 14.9. The summed E-state index contributed by atoms with van der Waals surface area (Å²) < 4.78 is 5.58. The van der Waals surface area contributed by atoms with E-state index in [9.17, 15) is 4.79 Å². The van der Waals surface area contributed by atoms with Crippen molar-refractivity contribution in [3.05, 3.63) is 52.1 Å². The number of carbonyl (C=O) groups excluding carboxylic acids is 1. The van der Waals surface area contributed by atoms with Crippen LogP contribution >= 0.6 is 23.2 Å². The van der Waals surface area contributed by atoms with Crippen molar-refractivity contribution in [3.63, 3.8) is 0 Å². The Morgan fingerprint density at radius 2 is 1.96 bits per heavy atom. The Labute approximate surface area is 168 Å². The first-order valence-corrected chi connectivity index (χ1v) is 9.41. The predicted octanol–water partition coefficient (Wildman–Crippen LogP) is 4.23. The average molecular weight is 407 g/mol. The summed E-state index contributed by atoms with van der Waals surface area (Å²) >= 11 is 11.9. The molecule has 1 aromatic carbocycles. The van der Waals surface area contributed by atoms with Crippen molar-refractivity contribution < 1.29 is 9.53 Å². The number of ether oxygens (including phenoxy) is 1. The number of likely N-dealkylation sites (tertiary alicyclic amines) is 1. The summed E-state index contributed by atoms with van der Waals surface area (Å²) in [5, 5.41) is 5.14. The number of carbonyl (C=O) groups is 1. The molecule has 2 heterocycles. The van der Waals surface area contributed by atoms with E-state index in [0.29, 0.717) is 21.6 Å². The van der Waals surface area contributed by atoms with Gasteiger partial charge in [-0.15, -0.1) is 0 Å². The summed E-state index contributed by atoms with van der Waals surface area (Å²) in [7, 11) is 0. The van der Waals surface area contributed by atoms with Crippen molar-refractivity contribution in [2.24, 2.45) is 5.10 Å². The Morgan fingerprint density at radius 3 is 2.63 bits per heavy atom. The van der Waals surface area contributed by atoms with Crippen molar-refractivity contribution >= 4 is 40.6 Å². The first-order valence-electron chi connectivity index (χ1n) is 8.65. The number of pyridine rings is 1. The van der Waals surface area contributed by atoms with Crippen LogP contribution in [0.2, 0.25) is 10.0 Å². The number of benzene rings is 1. The minimum Gasteiger partial charge on any atom is -0.484 e. The molecule has 27 heavy (non-hydrogen) atoms. The molecule has 1 aliphatic rings. The molecular formula is C19H20Cl2N4O2. The summed E-state index contributed by atoms with van der Waals surface area (Å²) in [6, 6.07) is 9.00. The molecule has 1 aliphatic heterocycles. The summed E-state index contributed by atoms with van der Waals surface area (Å²) in [5.41, 5.74) is 4.49. The molecule has 0 spiro atoms. The molecule has 0 aliphatic carbocycles. The van der Waals surface area contributed by atoms with Gasteiger partial charge in [-0.3, -0.25) is 10.2 Å². The van der Waals surface area contributed by atoms with Crippen LogP contribution in [-0.2, 0) is 4.79 Å². The molecular weight excluding hydrogens is 387 g/mol. The molecule has 2 aromatic rings. The van der Waals surface area contributed by atoms with Crippen molar-refractivity contribution in [2.45, 2.75) is 19.8 Å². The molecule has 0 unspecified atom stereocenters. The molecule has 1 aromatic heterocycles. The first-order chi connectivity index (χ1) is 13.0. The van der Waals surface area contributed by atoms with Gasteiger partial charge in [0.05, 0.1) is 15.8 Å². The average Bonchev–Trinajstić information content (AvgIpc) is 3.20. The third-order valence-electron chi connectivity index (χ3n) is 4.23. The lowest BCUT2D eigenvalue weighted by atomic mass is 10.1. The molecule has 0 saturated carbocycles. The zero-order valence-corrected chi connectivity index (χ0v) is 16.4. The van der Waals surface area contributed by atoms with Gasteiger partial charge in [0.15, 0.2) is 12.4 Å². The van der Waals surface area contributed by atoms with Crippen LogP contribution in [0.3, 0.4) is 0 Å². The monoisotopic (exact) mass is 406 g/mol. The highest BCUT2D eigenvalue weighted by atomic mass is 35.5. The van der Waals surface area contributed by atoms with Gasteiger partial charge in [0.1, 0.15) is 5.75 Å². The lowest BCUT2D eigenvalue weighted by Gasteiger charge is -2.15. The maximum atomic E-state index is 12.0. The van der Waals surface area contributed by atoms with Gasteiger partial charge >= 0.3 is 0 Å². The van der Waals surface area contributed by atoms with Crippen molar-refractivity contribution in [1.29, 1.82) is 0 Å². The predicted molar refractivity (Wildman–Crippen MR) is 108 cm³/mol. The molecule has 1 fully saturated rings.